The lowest BCUT2D eigenvalue weighted by atomic mass is 9.71. The minimum Gasteiger partial charge on any atom is -0.464 e. The summed E-state index contributed by atoms with van der Waals surface area (Å²) < 4.78 is 4.60. The number of ether oxygens (including phenoxy) is 1. The Morgan fingerprint density at radius 3 is 2.96 bits per heavy atom. The van der Waals surface area contributed by atoms with Gasteiger partial charge in [-0.3, -0.25) is 4.79 Å². The van der Waals surface area contributed by atoms with Gasteiger partial charge in [-0.05, 0) is 19.3 Å². The highest BCUT2D eigenvalue weighted by atomic mass is 16.5. The number of nitrogens with one attached hydrogen (secondary N) is 1. The number of aliphatic hydroxyl groups excluding tert-OH is 1. The SMILES string of the molecule is COC(=O)c1cnc(N2CC[C@H](O)[C@@]3(CCCNC3=O)C2)cn1. The highest BCUT2D eigenvalue weighted by Gasteiger charge is 2.50. The van der Waals surface area contributed by atoms with Crippen molar-refractivity contribution in [1.82, 2.24) is 15.3 Å². The Labute approximate surface area is 133 Å². The maximum absolute atomic E-state index is 12.3. The van der Waals surface area contributed by atoms with E-state index in [2.05, 4.69) is 20.0 Å². The number of aromatic nitrogens is 2. The van der Waals surface area contributed by atoms with E-state index in [9.17, 15) is 14.7 Å². The minimum absolute atomic E-state index is 0.0971. The first-order valence-electron chi connectivity index (χ1n) is 7.68. The molecule has 1 amide bonds. The molecular formula is C15H20N4O4. The maximum Gasteiger partial charge on any atom is 0.358 e. The Bertz CT molecular complexity index is 606. The van der Waals surface area contributed by atoms with Crippen LogP contribution in [0.25, 0.3) is 0 Å². The van der Waals surface area contributed by atoms with Gasteiger partial charge in [-0.1, -0.05) is 0 Å². The van der Waals surface area contributed by atoms with E-state index in [4.69, 9.17) is 0 Å². The molecule has 8 heteroatoms. The number of hydrogen-bond acceptors (Lipinski definition) is 7. The van der Waals surface area contributed by atoms with E-state index in [1.54, 1.807) is 0 Å². The van der Waals surface area contributed by atoms with Gasteiger partial charge < -0.3 is 20.1 Å². The summed E-state index contributed by atoms with van der Waals surface area (Å²) in [6, 6.07) is 0. The second-order valence-electron chi connectivity index (χ2n) is 5.99. The van der Waals surface area contributed by atoms with Crippen LogP contribution in [0, 0.1) is 5.41 Å². The number of rotatable bonds is 2. The molecule has 2 fully saturated rings. The predicted octanol–water partition coefficient (Wildman–Crippen LogP) is -0.269. The molecule has 23 heavy (non-hydrogen) atoms. The first kappa shape index (κ1) is 15.7. The fourth-order valence-corrected chi connectivity index (χ4v) is 3.33. The monoisotopic (exact) mass is 320 g/mol. The Balaban J connectivity index is 1.81. The summed E-state index contributed by atoms with van der Waals surface area (Å²) in [6.07, 6.45) is 4.21. The third kappa shape index (κ3) is 2.74. The van der Waals surface area contributed by atoms with Crippen molar-refractivity contribution in [1.29, 1.82) is 0 Å². The van der Waals surface area contributed by atoms with E-state index in [-0.39, 0.29) is 11.6 Å². The number of carbonyl (C=O) groups excluding carboxylic acids is 2. The minimum atomic E-state index is -0.792. The number of aliphatic hydroxyl groups is 1. The van der Waals surface area contributed by atoms with Crippen LogP contribution in [-0.4, -0.2) is 59.8 Å². The number of piperidine rings is 2. The van der Waals surface area contributed by atoms with Crippen molar-refractivity contribution in [2.75, 3.05) is 31.6 Å². The highest BCUT2D eigenvalue weighted by Crippen LogP contribution is 2.38. The molecule has 0 unspecified atom stereocenters. The van der Waals surface area contributed by atoms with E-state index in [1.807, 2.05) is 4.90 Å². The zero-order valence-electron chi connectivity index (χ0n) is 13.0. The van der Waals surface area contributed by atoms with Crippen LogP contribution < -0.4 is 10.2 Å². The molecule has 0 aliphatic carbocycles. The second kappa shape index (κ2) is 6.11. The zero-order valence-corrected chi connectivity index (χ0v) is 13.0. The normalized spacial score (nSPS) is 27.7. The molecule has 0 saturated carbocycles. The van der Waals surface area contributed by atoms with Gasteiger partial charge in [0, 0.05) is 19.6 Å². The average Bonchev–Trinajstić information content (AvgIpc) is 2.59. The molecule has 1 aromatic rings. The van der Waals surface area contributed by atoms with E-state index < -0.39 is 17.5 Å². The summed E-state index contributed by atoms with van der Waals surface area (Å²) >= 11 is 0. The van der Waals surface area contributed by atoms with Crippen LogP contribution in [0.5, 0.6) is 0 Å². The number of methoxy groups -OCH3 is 1. The number of esters is 1. The number of amides is 1. The van der Waals surface area contributed by atoms with Crippen LogP contribution in [-0.2, 0) is 9.53 Å². The summed E-state index contributed by atoms with van der Waals surface area (Å²) in [5.41, 5.74) is -0.655. The van der Waals surface area contributed by atoms with Crippen LogP contribution >= 0.6 is 0 Å². The predicted molar refractivity (Wildman–Crippen MR) is 80.9 cm³/mol. The van der Waals surface area contributed by atoms with Gasteiger partial charge in [-0.15, -0.1) is 0 Å². The maximum atomic E-state index is 12.3. The Kier molecular flexibility index (Phi) is 4.16. The van der Waals surface area contributed by atoms with E-state index >= 15 is 0 Å². The van der Waals surface area contributed by atoms with Crippen LogP contribution in [0.1, 0.15) is 29.8 Å². The van der Waals surface area contributed by atoms with Crippen LogP contribution in [0.4, 0.5) is 5.82 Å². The highest BCUT2D eigenvalue weighted by molar-refractivity contribution is 5.87. The van der Waals surface area contributed by atoms with Crippen molar-refractivity contribution in [2.24, 2.45) is 5.41 Å². The van der Waals surface area contributed by atoms with Gasteiger partial charge in [0.05, 0.1) is 31.0 Å². The summed E-state index contributed by atoms with van der Waals surface area (Å²) in [4.78, 5) is 34.0. The molecule has 0 aromatic carbocycles. The molecule has 3 heterocycles. The number of nitrogens with zero attached hydrogens (tertiary/aromatic N) is 3. The average molecular weight is 320 g/mol. The third-order valence-corrected chi connectivity index (χ3v) is 4.68. The molecule has 2 aliphatic rings. The standard InChI is InChI=1S/C15H20N4O4/c1-23-13(21)10-7-18-12(8-17-10)19-6-3-11(20)15(9-19)4-2-5-16-14(15)22/h7-8,11,20H,2-6,9H2,1H3,(H,16,22)/t11-,15+/m0/s1. The lowest BCUT2D eigenvalue weighted by molar-refractivity contribution is -0.142. The summed E-state index contributed by atoms with van der Waals surface area (Å²) in [5.74, 6) is -0.0522. The molecule has 2 N–H and O–H groups in total. The Morgan fingerprint density at radius 1 is 1.48 bits per heavy atom. The molecule has 1 aromatic heterocycles. The van der Waals surface area contributed by atoms with Crippen LogP contribution in [0.3, 0.4) is 0 Å². The van der Waals surface area contributed by atoms with E-state index in [1.165, 1.54) is 19.5 Å². The molecule has 2 atom stereocenters. The van der Waals surface area contributed by atoms with Crippen molar-refractivity contribution >= 4 is 17.7 Å². The molecule has 2 aliphatic heterocycles. The van der Waals surface area contributed by atoms with Gasteiger partial charge in [0.25, 0.3) is 0 Å². The summed E-state index contributed by atoms with van der Waals surface area (Å²) in [7, 11) is 1.29. The third-order valence-electron chi connectivity index (χ3n) is 4.68. The lowest BCUT2D eigenvalue weighted by Crippen LogP contribution is -2.61. The topological polar surface area (TPSA) is 105 Å². The molecule has 2 saturated heterocycles. The Hall–Kier alpha value is -2.22. The number of carbonyl (C=O) groups is 2. The van der Waals surface area contributed by atoms with Crippen molar-refractivity contribution in [2.45, 2.75) is 25.4 Å². The molecular weight excluding hydrogens is 300 g/mol. The van der Waals surface area contributed by atoms with Crippen molar-refractivity contribution < 1.29 is 19.4 Å². The molecule has 0 radical (unpaired) electrons. The van der Waals surface area contributed by atoms with Gasteiger partial charge >= 0.3 is 5.97 Å². The fourth-order valence-electron chi connectivity index (χ4n) is 3.33. The van der Waals surface area contributed by atoms with Crippen LogP contribution in [0.15, 0.2) is 12.4 Å². The second-order valence-corrected chi connectivity index (χ2v) is 5.99. The zero-order chi connectivity index (χ0) is 16.4. The fraction of sp³-hybridized carbons (Fsp3) is 0.600. The van der Waals surface area contributed by atoms with Crippen molar-refractivity contribution in [3.63, 3.8) is 0 Å². The van der Waals surface area contributed by atoms with Gasteiger partial charge in [-0.2, -0.15) is 0 Å². The van der Waals surface area contributed by atoms with Crippen LogP contribution in [0.2, 0.25) is 0 Å². The lowest BCUT2D eigenvalue weighted by Gasteiger charge is -2.47. The van der Waals surface area contributed by atoms with Crippen molar-refractivity contribution in [3.8, 4) is 0 Å². The number of anilines is 1. The first-order valence-corrected chi connectivity index (χ1v) is 7.68. The summed E-state index contributed by atoms with van der Waals surface area (Å²) in [6.45, 7) is 1.63. The quantitative estimate of drug-likeness (QED) is 0.723. The molecule has 124 valence electrons. The smallest absolute Gasteiger partial charge is 0.358 e. The first-order chi connectivity index (χ1) is 11.1. The number of hydrogen-bond donors (Lipinski definition) is 2. The van der Waals surface area contributed by atoms with Gasteiger partial charge in [-0.25, -0.2) is 14.8 Å². The molecule has 8 nitrogen and oxygen atoms in total. The van der Waals surface area contributed by atoms with E-state index in [0.717, 1.165) is 6.42 Å². The van der Waals surface area contributed by atoms with Gasteiger partial charge in [0.15, 0.2) is 5.69 Å². The molecule has 3 rings (SSSR count). The van der Waals surface area contributed by atoms with Gasteiger partial charge in [0.2, 0.25) is 5.91 Å². The van der Waals surface area contributed by atoms with Gasteiger partial charge in [0.1, 0.15) is 5.82 Å². The van der Waals surface area contributed by atoms with E-state index in [0.29, 0.717) is 38.3 Å². The molecule has 0 bridgehead atoms. The summed E-state index contributed by atoms with van der Waals surface area (Å²) in [5, 5.41) is 13.2. The van der Waals surface area contributed by atoms with Crippen molar-refractivity contribution in [3.05, 3.63) is 18.1 Å². The molecule has 1 spiro atoms. The largest absolute Gasteiger partial charge is 0.464 e. The Morgan fingerprint density at radius 2 is 2.30 bits per heavy atom.